The molecule has 0 amide bonds. The molecule has 5 nitrogen and oxygen atoms in total. The molecule has 5 rings (SSSR count). The quantitative estimate of drug-likeness (QED) is 0.653. The lowest BCUT2D eigenvalue weighted by Crippen LogP contribution is -2.33. The molecule has 1 aromatic carbocycles. The van der Waals surface area contributed by atoms with Crippen molar-refractivity contribution in [3.8, 4) is 0 Å². The van der Waals surface area contributed by atoms with Crippen LogP contribution in [0.15, 0.2) is 30.5 Å². The largest absolute Gasteiger partial charge is 0.393 e. The Labute approximate surface area is 177 Å². The van der Waals surface area contributed by atoms with E-state index in [0.717, 1.165) is 79.8 Å². The smallest absolute Gasteiger partial charge is 0.130 e. The molecule has 1 aromatic heterocycles. The van der Waals surface area contributed by atoms with Gasteiger partial charge in [-0.25, -0.2) is 0 Å². The summed E-state index contributed by atoms with van der Waals surface area (Å²) in [7, 11) is 0. The van der Waals surface area contributed by atoms with Gasteiger partial charge in [-0.15, -0.1) is 0 Å². The van der Waals surface area contributed by atoms with Crippen molar-refractivity contribution in [2.45, 2.75) is 81.4 Å². The van der Waals surface area contributed by atoms with Crippen LogP contribution in [0, 0.1) is 0 Å². The number of hydrogen-bond acceptors (Lipinski definition) is 5. The summed E-state index contributed by atoms with van der Waals surface area (Å²) in [5.41, 5.74) is 11.3. The first-order valence-corrected chi connectivity index (χ1v) is 11.4. The Morgan fingerprint density at radius 1 is 1.17 bits per heavy atom. The molecule has 30 heavy (non-hydrogen) atoms. The van der Waals surface area contributed by atoms with E-state index in [0.29, 0.717) is 18.5 Å². The van der Waals surface area contributed by atoms with Gasteiger partial charge in [0.15, 0.2) is 0 Å². The first-order chi connectivity index (χ1) is 14.6. The lowest BCUT2D eigenvalue weighted by atomic mass is 9.88. The van der Waals surface area contributed by atoms with Crippen molar-refractivity contribution < 1.29 is 9.90 Å². The Kier molecular flexibility index (Phi) is 5.11. The van der Waals surface area contributed by atoms with Crippen molar-refractivity contribution in [3.05, 3.63) is 41.6 Å². The van der Waals surface area contributed by atoms with Gasteiger partial charge in [0.2, 0.25) is 0 Å². The highest BCUT2D eigenvalue weighted by Crippen LogP contribution is 2.50. The second-order valence-corrected chi connectivity index (χ2v) is 9.47. The number of aromatic nitrogens is 1. The maximum atomic E-state index is 12.0. The van der Waals surface area contributed by atoms with E-state index in [2.05, 4.69) is 29.6 Å². The van der Waals surface area contributed by atoms with E-state index >= 15 is 0 Å². The summed E-state index contributed by atoms with van der Waals surface area (Å²) < 4.78 is 0. The Bertz CT molecular complexity index is 987. The summed E-state index contributed by atoms with van der Waals surface area (Å²) in [6, 6.07) is 7.13. The first-order valence-electron chi connectivity index (χ1n) is 11.4. The number of rotatable bonds is 5. The predicted octanol–water partition coefficient (Wildman–Crippen LogP) is 4.08. The van der Waals surface area contributed by atoms with Crippen LogP contribution in [0.1, 0.15) is 68.9 Å². The number of nitrogens with one attached hydrogen (secondary N) is 1. The van der Waals surface area contributed by atoms with Gasteiger partial charge < -0.3 is 21.0 Å². The van der Waals surface area contributed by atoms with Crippen LogP contribution < -0.4 is 11.1 Å². The number of allylic oxidation sites excluding steroid dienone is 1. The molecule has 2 saturated carbocycles. The monoisotopic (exact) mass is 405 g/mol. The van der Waals surface area contributed by atoms with Crippen LogP contribution in [0.5, 0.6) is 0 Å². The minimum atomic E-state index is -0.376. The zero-order chi connectivity index (χ0) is 20.7. The molecule has 158 valence electrons. The van der Waals surface area contributed by atoms with Crippen LogP contribution in [-0.4, -0.2) is 34.6 Å². The molecule has 5 heteroatoms. The fourth-order valence-corrected chi connectivity index (χ4v) is 5.06. The van der Waals surface area contributed by atoms with Crippen LogP contribution in [-0.2, 0) is 10.2 Å². The Morgan fingerprint density at radius 3 is 2.63 bits per heavy atom. The normalized spacial score (nSPS) is 28.1. The van der Waals surface area contributed by atoms with Crippen molar-refractivity contribution in [1.29, 1.82) is 0 Å². The lowest BCUT2D eigenvalue weighted by Gasteiger charge is -2.30. The Morgan fingerprint density at radius 2 is 1.97 bits per heavy atom. The van der Waals surface area contributed by atoms with Crippen LogP contribution in [0.3, 0.4) is 0 Å². The summed E-state index contributed by atoms with van der Waals surface area (Å²) in [6.45, 7) is 0. The van der Waals surface area contributed by atoms with E-state index in [4.69, 9.17) is 10.7 Å². The van der Waals surface area contributed by atoms with Crippen molar-refractivity contribution >= 4 is 28.4 Å². The maximum Gasteiger partial charge on any atom is 0.130 e. The molecule has 0 bridgehead atoms. The predicted molar refractivity (Wildman–Crippen MR) is 120 cm³/mol. The maximum absolute atomic E-state index is 12.0. The zero-order valence-electron chi connectivity index (χ0n) is 17.4. The van der Waals surface area contributed by atoms with E-state index in [9.17, 15) is 9.90 Å². The Hall–Kier alpha value is -2.24. The molecule has 3 aliphatic carbocycles. The van der Waals surface area contributed by atoms with Gasteiger partial charge in [0, 0.05) is 34.9 Å². The third-order valence-corrected chi connectivity index (χ3v) is 7.29. The average molecular weight is 406 g/mol. The number of fused-ring (bicyclic) bond motifs is 1. The number of carbonyl (C=O) groups is 1. The third-order valence-electron chi connectivity index (χ3n) is 7.29. The topological polar surface area (TPSA) is 88.2 Å². The summed E-state index contributed by atoms with van der Waals surface area (Å²) in [5.74, 6) is 0. The van der Waals surface area contributed by atoms with Crippen molar-refractivity contribution in [2.75, 3.05) is 5.32 Å². The van der Waals surface area contributed by atoms with Crippen molar-refractivity contribution in [3.63, 3.8) is 0 Å². The molecule has 3 aliphatic rings. The molecule has 0 saturated heterocycles. The molecule has 0 radical (unpaired) electrons. The van der Waals surface area contributed by atoms with Crippen LogP contribution in [0.4, 0.5) is 5.69 Å². The van der Waals surface area contributed by atoms with Gasteiger partial charge in [-0.2, -0.15) is 0 Å². The number of nitrogens with two attached hydrogens (primary N) is 1. The Balaban J connectivity index is 1.58. The molecular formula is C25H31N3O2. The van der Waals surface area contributed by atoms with Gasteiger partial charge in [-0.3, -0.25) is 4.98 Å². The van der Waals surface area contributed by atoms with Crippen LogP contribution >= 0.6 is 0 Å². The average Bonchev–Trinajstić information content (AvgIpc) is 3.57. The molecular weight excluding hydrogens is 374 g/mol. The summed E-state index contributed by atoms with van der Waals surface area (Å²) in [5, 5.41) is 14.8. The van der Waals surface area contributed by atoms with Gasteiger partial charge in [0.25, 0.3) is 0 Å². The first kappa shape index (κ1) is 19.7. The number of benzene rings is 1. The second kappa shape index (κ2) is 7.78. The van der Waals surface area contributed by atoms with Gasteiger partial charge in [-0.1, -0.05) is 12.1 Å². The number of hydrogen-bond donors (Lipinski definition) is 3. The lowest BCUT2D eigenvalue weighted by molar-refractivity contribution is -0.109. The molecule has 0 aliphatic heterocycles. The van der Waals surface area contributed by atoms with Gasteiger partial charge in [0.05, 0.1) is 17.0 Å². The molecule has 0 spiro atoms. The molecule has 4 N–H and O–H groups in total. The molecule has 2 fully saturated rings. The van der Waals surface area contributed by atoms with E-state index < -0.39 is 0 Å². The van der Waals surface area contributed by atoms with E-state index in [-0.39, 0.29) is 11.5 Å². The highest BCUT2D eigenvalue weighted by molar-refractivity contribution is 5.97. The summed E-state index contributed by atoms with van der Waals surface area (Å²) >= 11 is 0. The van der Waals surface area contributed by atoms with E-state index in [1.165, 1.54) is 11.1 Å². The SMILES string of the molecule is NC1CCC(Nc2c(C3(C=O)CC3)cnc3ccc(C4=CCC(O)CC4)cc23)CC1. The minimum Gasteiger partial charge on any atom is -0.393 e. The highest BCUT2D eigenvalue weighted by atomic mass is 16.3. The highest BCUT2D eigenvalue weighted by Gasteiger charge is 2.46. The number of pyridine rings is 1. The summed E-state index contributed by atoms with van der Waals surface area (Å²) in [4.78, 5) is 16.7. The van der Waals surface area contributed by atoms with E-state index in [1.807, 2.05) is 6.20 Å². The van der Waals surface area contributed by atoms with Crippen molar-refractivity contribution in [2.24, 2.45) is 5.73 Å². The van der Waals surface area contributed by atoms with Gasteiger partial charge in [-0.05, 0) is 81.1 Å². The van der Waals surface area contributed by atoms with Crippen LogP contribution in [0.25, 0.3) is 16.5 Å². The molecule has 1 heterocycles. The number of aliphatic hydroxyl groups excluding tert-OH is 1. The summed E-state index contributed by atoms with van der Waals surface area (Å²) in [6.07, 6.45) is 13.4. The van der Waals surface area contributed by atoms with Gasteiger partial charge in [0.1, 0.15) is 6.29 Å². The number of nitrogens with zero attached hydrogens (tertiary/aromatic N) is 1. The zero-order valence-corrected chi connectivity index (χ0v) is 17.4. The second-order valence-electron chi connectivity index (χ2n) is 9.47. The number of aldehydes is 1. The fourth-order valence-electron chi connectivity index (χ4n) is 5.06. The fraction of sp³-hybridized carbons (Fsp3) is 0.520. The number of aliphatic hydroxyl groups is 1. The molecule has 2 aromatic rings. The van der Waals surface area contributed by atoms with Crippen LogP contribution in [0.2, 0.25) is 0 Å². The third kappa shape index (κ3) is 3.65. The van der Waals surface area contributed by atoms with Gasteiger partial charge >= 0.3 is 0 Å². The molecule has 1 atom stereocenters. The standard InChI is InChI=1S/C25H31N3O2/c26-18-4-6-19(7-5-18)28-24-21-13-17(16-1-8-20(30)9-2-16)3-10-23(21)27-14-22(24)25(15-29)11-12-25/h1,3,10,13-15,18-20,30H,2,4-9,11-12,26H2,(H,27,28). The minimum absolute atomic E-state index is 0.223. The number of carbonyl (C=O) groups excluding carboxylic acids is 1. The number of anilines is 1. The molecule has 1 unspecified atom stereocenters. The van der Waals surface area contributed by atoms with E-state index in [1.54, 1.807) is 0 Å². The van der Waals surface area contributed by atoms with Crippen molar-refractivity contribution in [1.82, 2.24) is 4.98 Å².